The maximum absolute atomic E-state index is 12.4. The van der Waals surface area contributed by atoms with Gasteiger partial charge in [-0.05, 0) is 43.9 Å². The summed E-state index contributed by atoms with van der Waals surface area (Å²) in [6, 6.07) is 6.24. The predicted molar refractivity (Wildman–Crippen MR) is 101 cm³/mol. The smallest absolute Gasteiger partial charge is 0.241 e. The van der Waals surface area contributed by atoms with Crippen LogP contribution < -0.4 is 10.1 Å². The van der Waals surface area contributed by atoms with Crippen LogP contribution in [0.4, 0.5) is 0 Å². The summed E-state index contributed by atoms with van der Waals surface area (Å²) in [7, 11) is 0. The summed E-state index contributed by atoms with van der Waals surface area (Å²) in [4.78, 5) is 26.2. The highest BCUT2D eigenvalue weighted by molar-refractivity contribution is 5.86. The summed E-state index contributed by atoms with van der Waals surface area (Å²) in [5.74, 6) is 1.11. The quantitative estimate of drug-likeness (QED) is 0.880. The van der Waals surface area contributed by atoms with Crippen molar-refractivity contribution in [2.75, 3.05) is 19.6 Å². The maximum atomic E-state index is 12.4. The van der Waals surface area contributed by atoms with Gasteiger partial charge in [-0.2, -0.15) is 0 Å². The molecule has 1 saturated carbocycles. The number of aryl methyl sites for hydroxylation is 2. The zero-order chi connectivity index (χ0) is 18.5. The SMILES string of the molecule is Cc1ccc(C)c(OC2CCN(C(=O)CNC(=O)C3CCCC3)CC2)c1. The first kappa shape index (κ1) is 18.7. The molecule has 1 N–H and O–H groups in total. The number of hydrogen-bond acceptors (Lipinski definition) is 3. The Labute approximate surface area is 156 Å². The third kappa shape index (κ3) is 4.77. The molecule has 1 heterocycles. The largest absolute Gasteiger partial charge is 0.490 e. The highest BCUT2D eigenvalue weighted by Gasteiger charge is 2.26. The number of piperidine rings is 1. The van der Waals surface area contributed by atoms with Crippen molar-refractivity contribution in [2.24, 2.45) is 5.92 Å². The normalized spacial score (nSPS) is 18.8. The molecule has 2 fully saturated rings. The monoisotopic (exact) mass is 358 g/mol. The zero-order valence-corrected chi connectivity index (χ0v) is 15.9. The van der Waals surface area contributed by atoms with Crippen molar-refractivity contribution in [3.63, 3.8) is 0 Å². The number of amides is 2. The minimum absolute atomic E-state index is 0.0153. The summed E-state index contributed by atoms with van der Waals surface area (Å²) < 4.78 is 6.15. The number of hydrogen-bond donors (Lipinski definition) is 1. The third-order valence-corrected chi connectivity index (χ3v) is 5.57. The van der Waals surface area contributed by atoms with E-state index in [1.54, 1.807) is 0 Å². The van der Waals surface area contributed by atoms with Crippen LogP contribution in [0.3, 0.4) is 0 Å². The third-order valence-electron chi connectivity index (χ3n) is 5.57. The van der Waals surface area contributed by atoms with Crippen molar-refractivity contribution in [1.29, 1.82) is 0 Å². The molecule has 0 unspecified atom stereocenters. The van der Waals surface area contributed by atoms with Gasteiger partial charge in [0.05, 0.1) is 6.54 Å². The number of nitrogens with one attached hydrogen (secondary N) is 1. The van der Waals surface area contributed by atoms with Gasteiger partial charge in [-0.1, -0.05) is 25.0 Å². The minimum Gasteiger partial charge on any atom is -0.490 e. The summed E-state index contributed by atoms with van der Waals surface area (Å²) >= 11 is 0. The second kappa shape index (κ2) is 8.56. The van der Waals surface area contributed by atoms with Gasteiger partial charge in [0, 0.05) is 31.8 Å². The molecular formula is C21H30N2O3. The van der Waals surface area contributed by atoms with Gasteiger partial charge in [-0.15, -0.1) is 0 Å². The van der Waals surface area contributed by atoms with Gasteiger partial charge >= 0.3 is 0 Å². The van der Waals surface area contributed by atoms with Gasteiger partial charge in [-0.3, -0.25) is 9.59 Å². The summed E-state index contributed by atoms with van der Waals surface area (Å²) in [6.45, 7) is 5.62. The lowest BCUT2D eigenvalue weighted by Crippen LogP contribution is -2.46. The Morgan fingerprint density at radius 3 is 2.50 bits per heavy atom. The zero-order valence-electron chi connectivity index (χ0n) is 15.9. The Bertz CT molecular complexity index is 645. The van der Waals surface area contributed by atoms with Gasteiger partial charge in [-0.25, -0.2) is 0 Å². The van der Waals surface area contributed by atoms with Crippen LogP contribution in [0.2, 0.25) is 0 Å². The fourth-order valence-electron chi connectivity index (χ4n) is 3.84. The van der Waals surface area contributed by atoms with Crippen LogP contribution in [-0.4, -0.2) is 42.5 Å². The Morgan fingerprint density at radius 1 is 1.12 bits per heavy atom. The molecule has 5 nitrogen and oxygen atoms in total. The lowest BCUT2D eigenvalue weighted by Gasteiger charge is -2.32. The molecule has 1 aromatic rings. The maximum Gasteiger partial charge on any atom is 0.241 e. The number of carbonyl (C=O) groups excluding carboxylic acids is 2. The van der Waals surface area contributed by atoms with Gasteiger partial charge in [0.15, 0.2) is 0 Å². The van der Waals surface area contributed by atoms with E-state index in [0.717, 1.165) is 49.8 Å². The molecule has 0 aromatic heterocycles. The van der Waals surface area contributed by atoms with Crippen molar-refractivity contribution < 1.29 is 14.3 Å². The Balaban J connectivity index is 1.42. The number of ether oxygens (including phenoxy) is 1. The van der Waals surface area contributed by atoms with Crippen molar-refractivity contribution in [2.45, 2.75) is 58.5 Å². The molecule has 0 bridgehead atoms. The van der Waals surface area contributed by atoms with E-state index in [1.807, 2.05) is 4.90 Å². The highest BCUT2D eigenvalue weighted by atomic mass is 16.5. The molecule has 1 saturated heterocycles. The molecule has 3 rings (SSSR count). The Morgan fingerprint density at radius 2 is 1.81 bits per heavy atom. The van der Waals surface area contributed by atoms with Crippen LogP contribution in [0.5, 0.6) is 5.75 Å². The van der Waals surface area contributed by atoms with E-state index < -0.39 is 0 Å². The van der Waals surface area contributed by atoms with Crippen LogP contribution in [-0.2, 0) is 9.59 Å². The highest BCUT2D eigenvalue weighted by Crippen LogP contribution is 2.25. The average molecular weight is 358 g/mol. The topological polar surface area (TPSA) is 58.6 Å². The van der Waals surface area contributed by atoms with Gasteiger partial charge in [0.2, 0.25) is 11.8 Å². The molecular weight excluding hydrogens is 328 g/mol. The molecule has 0 atom stereocenters. The van der Waals surface area contributed by atoms with E-state index >= 15 is 0 Å². The number of likely N-dealkylation sites (tertiary alicyclic amines) is 1. The molecule has 2 aliphatic rings. The van der Waals surface area contributed by atoms with Crippen LogP contribution in [0.1, 0.15) is 49.7 Å². The summed E-state index contributed by atoms with van der Waals surface area (Å²) in [5, 5.41) is 2.83. The van der Waals surface area contributed by atoms with E-state index in [2.05, 4.69) is 37.4 Å². The van der Waals surface area contributed by atoms with Crippen molar-refractivity contribution in [1.82, 2.24) is 10.2 Å². The van der Waals surface area contributed by atoms with Crippen LogP contribution in [0, 0.1) is 19.8 Å². The standard InChI is InChI=1S/C21H30N2O3/c1-15-7-8-16(2)19(13-15)26-18-9-11-23(12-10-18)20(24)14-22-21(25)17-5-3-4-6-17/h7-8,13,17-18H,3-6,9-12,14H2,1-2H3,(H,22,25). The van der Waals surface area contributed by atoms with Crippen LogP contribution in [0.25, 0.3) is 0 Å². The molecule has 1 aliphatic heterocycles. The van der Waals surface area contributed by atoms with Crippen molar-refractivity contribution in [3.05, 3.63) is 29.3 Å². The Kier molecular flexibility index (Phi) is 6.17. The second-order valence-corrected chi connectivity index (χ2v) is 7.67. The predicted octanol–water partition coefficient (Wildman–Crippen LogP) is 2.98. The molecule has 0 radical (unpaired) electrons. The van der Waals surface area contributed by atoms with E-state index in [1.165, 1.54) is 5.56 Å². The van der Waals surface area contributed by atoms with E-state index in [-0.39, 0.29) is 30.4 Å². The lowest BCUT2D eigenvalue weighted by molar-refractivity contribution is -0.135. The van der Waals surface area contributed by atoms with Crippen molar-refractivity contribution >= 4 is 11.8 Å². The van der Waals surface area contributed by atoms with Crippen LogP contribution in [0.15, 0.2) is 18.2 Å². The fourth-order valence-corrected chi connectivity index (χ4v) is 3.84. The van der Waals surface area contributed by atoms with Crippen molar-refractivity contribution in [3.8, 4) is 5.75 Å². The van der Waals surface area contributed by atoms with Gasteiger partial charge in [0.25, 0.3) is 0 Å². The molecule has 1 aliphatic carbocycles. The average Bonchev–Trinajstić information content (AvgIpc) is 3.18. The van der Waals surface area contributed by atoms with Crippen LogP contribution >= 0.6 is 0 Å². The Hall–Kier alpha value is -2.04. The first-order valence-corrected chi connectivity index (χ1v) is 9.82. The lowest BCUT2D eigenvalue weighted by atomic mass is 10.1. The number of nitrogens with zero attached hydrogens (tertiary/aromatic N) is 1. The molecule has 0 spiro atoms. The van der Waals surface area contributed by atoms with E-state index in [4.69, 9.17) is 4.74 Å². The summed E-state index contributed by atoms with van der Waals surface area (Å²) in [6.07, 6.45) is 5.97. The van der Waals surface area contributed by atoms with Gasteiger partial charge in [0.1, 0.15) is 11.9 Å². The molecule has 142 valence electrons. The number of benzene rings is 1. The van der Waals surface area contributed by atoms with E-state index in [9.17, 15) is 9.59 Å². The van der Waals surface area contributed by atoms with E-state index in [0.29, 0.717) is 13.1 Å². The first-order valence-electron chi connectivity index (χ1n) is 9.82. The first-order chi connectivity index (χ1) is 12.5. The minimum atomic E-state index is 0.0153. The number of rotatable bonds is 5. The summed E-state index contributed by atoms with van der Waals surface area (Å²) in [5.41, 5.74) is 2.33. The molecule has 1 aromatic carbocycles. The molecule has 26 heavy (non-hydrogen) atoms. The second-order valence-electron chi connectivity index (χ2n) is 7.67. The molecule has 2 amide bonds. The van der Waals surface area contributed by atoms with Gasteiger partial charge < -0.3 is 15.0 Å². The number of carbonyl (C=O) groups is 2. The molecule has 5 heteroatoms. The fraction of sp³-hybridized carbons (Fsp3) is 0.619.